The molecule has 0 unspecified atom stereocenters. The number of benzene rings is 4. The van der Waals surface area contributed by atoms with Crippen molar-refractivity contribution in [1.29, 1.82) is 0 Å². The zero-order valence-electron chi connectivity index (χ0n) is 21.0. The summed E-state index contributed by atoms with van der Waals surface area (Å²) in [7, 11) is 0. The van der Waals surface area contributed by atoms with E-state index in [9.17, 15) is 0 Å². The summed E-state index contributed by atoms with van der Waals surface area (Å²) >= 11 is 0. The number of rotatable bonds is 5. The second-order valence-electron chi connectivity index (χ2n) is 10.3. The van der Waals surface area contributed by atoms with Gasteiger partial charge in [0.15, 0.2) is 0 Å². The van der Waals surface area contributed by atoms with Crippen LogP contribution in [0.2, 0.25) is 0 Å². The average molecular weight is 453 g/mol. The second kappa shape index (κ2) is 8.54. The highest BCUT2D eigenvalue weighted by atomic mass is 14.3. The molecule has 35 heavy (non-hydrogen) atoms. The first-order chi connectivity index (χ1) is 17.1. The Bertz CT molecular complexity index is 1510. The smallest absolute Gasteiger partial charge is 0.00130 e. The van der Waals surface area contributed by atoms with Crippen LogP contribution in [0.1, 0.15) is 48.6 Å². The minimum atomic E-state index is 0.509. The topological polar surface area (TPSA) is 0 Å². The van der Waals surface area contributed by atoms with Crippen LogP contribution in [-0.4, -0.2) is 0 Å². The zero-order valence-corrected chi connectivity index (χ0v) is 21.0. The molecule has 0 spiro atoms. The summed E-state index contributed by atoms with van der Waals surface area (Å²) in [6, 6.07) is 29.9. The molecular formula is C35H32. The summed E-state index contributed by atoms with van der Waals surface area (Å²) in [5, 5.41) is 0. The first kappa shape index (κ1) is 21.9. The molecule has 0 aromatic heterocycles. The van der Waals surface area contributed by atoms with Gasteiger partial charge in [-0.1, -0.05) is 112 Å². The molecule has 172 valence electrons. The highest BCUT2D eigenvalue weighted by molar-refractivity contribution is 5.92. The van der Waals surface area contributed by atoms with E-state index in [2.05, 4.69) is 112 Å². The second-order valence-corrected chi connectivity index (χ2v) is 10.3. The van der Waals surface area contributed by atoms with Gasteiger partial charge in [-0.2, -0.15) is 0 Å². The number of fused-ring (bicyclic) bond motifs is 4. The molecule has 0 atom stereocenters. The number of hydrogen-bond donors (Lipinski definition) is 0. The van der Waals surface area contributed by atoms with E-state index in [0.717, 1.165) is 19.3 Å². The number of aryl methyl sites for hydroxylation is 1. The molecule has 0 bridgehead atoms. The molecule has 0 aliphatic heterocycles. The molecule has 0 fully saturated rings. The van der Waals surface area contributed by atoms with Gasteiger partial charge in [0.2, 0.25) is 0 Å². The van der Waals surface area contributed by atoms with Gasteiger partial charge in [-0.3, -0.25) is 0 Å². The Morgan fingerprint density at radius 3 is 2.23 bits per heavy atom. The minimum absolute atomic E-state index is 0.509. The van der Waals surface area contributed by atoms with Crippen molar-refractivity contribution in [2.24, 2.45) is 5.92 Å². The lowest BCUT2D eigenvalue weighted by Crippen LogP contribution is -1.94. The zero-order chi connectivity index (χ0) is 24.1. The fourth-order valence-electron chi connectivity index (χ4n) is 6.15. The van der Waals surface area contributed by atoms with Crippen molar-refractivity contribution in [3.05, 3.63) is 125 Å². The normalized spacial score (nSPS) is 13.7. The Labute approximate surface area is 209 Å². The highest BCUT2D eigenvalue weighted by Crippen LogP contribution is 2.46. The molecule has 0 saturated carbocycles. The van der Waals surface area contributed by atoms with E-state index in [-0.39, 0.29) is 0 Å². The van der Waals surface area contributed by atoms with Crippen LogP contribution in [0.25, 0.3) is 39.0 Å². The molecule has 2 aliphatic carbocycles. The summed E-state index contributed by atoms with van der Waals surface area (Å²) in [5.41, 5.74) is 18.0. The van der Waals surface area contributed by atoms with Gasteiger partial charge in [-0.05, 0) is 97.5 Å². The van der Waals surface area contributed by atoms with E-state index >= 15 is 0 Å². The van der Waals surface area contributed by atoms with Crippen molar-refractivity contribution in [3.63, 3.8) is 0 Å². The third-order valence-electron chi connectivity index (χ3n) is 7.83. The van der Waals surface area contributed by atoms with Crippen LogP contribution in [0.4, 0.5) is 0 Å². The third kappa shape index (κ3) is 3.60. The van der Waals surface area contributed by atoms with Crippen LogP contribution in [0.15, 0.2) is 97.1 Å². The molecule has 0 amide bonds. The molecule has 6 rings (SSSR count). The largest absolute Gasteiger partial charge is 0.0988 e. The lowest BCUT2D eigenvalue weighted by molar-refractivity contribution is 0.854. The first-order valence-corrected chi connectivity index (χ1v) is 12.9. The van der Waals surface area contributed by atoms with Crippen molar-refractivity contribution in [1.82, 2.24) is 0 Å². The van der Waals surface area contributed by atoms with Gasteiger partial charge in [0.25, 0.3) is 0 Å². The molecule has 0 nitrogen and oxygen atoms in total. The van der Waals surface area contributed by atoms with Gasteiger partial charge in [-0.15, -0.1) is 0 Å². The lowest BCUT2D eigenvalue weighted by atomic mass is 9.90. The Morgan fingerprint density at radius 1 is 0.714 bits per heavy atom. The van der Waals surface area contributed by atoms with Crippen LogP contribution in [0, 0.1) is 5.92 Å². The molecule has 4 aromatic carbocycles. The fourth-order valence-corrected chi connectivity index (χ4v) is 6.15. The lowest BCUT2D eigenvalue weighted by Gasteiger charge is -2.14. The van der Waals surface area contributed by atoms with Gasteiger partial charge in [0, 0.05) is 0 Å². The molecule has 4 aromatic rings. The summed E-state index contributed by atoms with van der Waals surface area (Å²) in [4.78, 5) is 0. The van der Waals surface area contributed by atoms with Crippen molar-refractivity contribution in [2.75, 3.05) is 0 Å². The van der Waals surface area contributed by atoms with Crippen molar-refractivity contribution >= 4 is 5.57 Å². The van der Waals surface area contributed by atoms with E-state index in [4.69, 9.17) is 0 Å². The van der Waals surface area contributed by atoms with Gasteiger partial charge in [0.05, 0.1) is 0 Å². The van der Waals surface area contributed by atoms with Crippen molar-refractivity contribution < 1.29 is 0 Å². The molecule has 0 heteroatoms. The highest BCUT2D eigenvalue weighted by Gasteiger charge is 2.25. The van der Waals surface area contributed by atoms with Crippen molar-refractivity contribution in [2.45, 2.75) is 40.0 Å². The van der Waals surface area contributed by atoms with Crippen LogP contribution < -0.4 is 0 Å². The molecule has 2 aliphatic rings. The Balaban J connectivity index is 1.41. The monoisotopic (exact) mass is 452 g/mol. The summed E-state index contributed by atoms with van der Waals surface area (Å²) in [6.45, 7) is 10.9. The maximum atomic E-state index is 4.09. The van der Waals surface area contributed by atoms with Gasteiger partial charge < -0.3 is 0 Å². The Kier molecular flexibility index (Phi) is 5.33. The Hall–Kier alpha value is -3.64. The van der Waals surface area contributed by atoms with Gasteiger partial charge in [0.1, 0.15) is 0 Å². The SMILES string of the molecule is C=CC1=C(C(C)C)c2ccc(-c3cccc4c3-c3ccc(-c5cccc(CC)c5)cc3C4)cc2C1. The fraction of sp³-hybridized carbons (Fsp3) is 0.200. The van der Waals surface area contributed by atoms with Crippen LogP contribution >= 0.6 is 0 Å². The van der Waals surface area contributed by atoms with E-state index in [1.54, 1.807) is 0 Å². The van der Waals surface area contributed by atoms with E-state index in [0.29, 0.717) is 5.92 Å². The maximum Gasteiger partial charge on any atom is -0.00130 e. The molecule has 0 saturated heterocycles. The summed E-state index contributed by atoms with van der Waals surface area (Å²) < 4.78 is 0. The quantitative estimate of drug-likeness (QED) is 0.249. The maximum absolute atomic E-state index is 4.09. The predicted octanol–water partition coefficient (Wildman–Crippen LogP) is 9.31. The van der Waals surface area contributed by atoms with E-state index < -0.39 is 0 Å². The molecule has 0 radical (unpaired) electrons. The Morgan fingerprint density at radius 2 is 1.43 bits per heavy atom. The first-order valence-electron chi connectivity index (χ1n) is 12.9. The predicted molar refractivity (Wildman–Crippen MR) is 151 cm³/mol. The number of allylic oxidation sites excluding steroid dienone is 3. The molecular weight excluding hydrogens is 420 g/mol. The van der Waals surface area contributed by atoms with Crippen molar-refractivity contribution in [3.8, 4) is 33.4 Å². The van der Waals surface area contributed by atoms with Crippen LogP contribution in [0.5, 0.6) is 0 Å². The van der Waals surface area contributed by atoms with E-state index in [1.165, 1.54) is 72.3 Å². The van der Waals surface area contributed by atoms with Crippen LogP contribution in [0.3, 0.4) is 0 Å². The molecule has 0 heterocycles. The van der Waals surface area contributed by atoms with Gasteiger partial charge in [-0.25, -0.2) is 0 Å². The van der Waals surface area contributed by atoms with Gasteiger partial charge >= 0.3 is 0 Å². The summed E-state index contributed by atoms with van der Waals surface area (Å²) in [5.74, 6) is 0.509. The summed E-state index contributed by atoms with van der Waals surface area (Å²) in [6.07, 6.45) is 5.12. The number of hydrogen-bond acceptors (Lipinski definition) is 0. The average Bonchev–Trinajstić information content (AvgIpc) is 3.45. The van der Waals surface area contributed by atoms with Crippen LogP contribution in [-0.2, 0) is 19.3 Å². The third-order valence-corrected chi connectivity index (χ3v) is 7.83. The molecule has 0 N–H and O–H groups in total. The van der Waals surface area contributed by atoms with E-state index in [1.807, 2.05) is 0 Å². The minimum Gasteiger partial charge on any atom is -0.0988 e. The standard InChI is InChI=1S/C35H32/c1-5-23-9-7-10-25(17-23)26-13-15-33-30(19-26)21-28-11-8-12-31(35(28)33)27-14-16-32-29(20-27)18-24(6-2)34(32)22(3)4/h6-17,19-20,22H,2,5,18,21H2,1,3-4H3.